The van der Waals surface area contributed by atoms with Gasteiger partial charge in [-0.3, -0.25) is 0 Å². The third-order valence-electron chi connectivity index (χ3n) is 5.00. The fourth-order valence-corrected chi connectivity index (χ4v) is 4.99. The van der Waals surface area contributed by atoms with Crippen LogP contribution in [-0.4, -0.2) is 6.61 Å². The lowest BCUT2D eigenvalue weighted by atomic mass is 9.73. The highest BCUT2D eigenvalue weighted by molar-refractivity contribution is 6.31. The molecule has 1 heterocycles. The van der Waals surface area contributed by atoms with Gasteiger partial charge in [0.1, 0.15) is 5.75 Å². The minimum Gasteiger partial charge on any atom is -0.493 e. The first-order valence-electron chi connectivity index (χ1n) is 8.11. The number of halogens is 2. The Morgan fingerprint density at radius 3 is 2.62 bits per heavy atom. The average molecular weight is 327 g/mol. The number of ether oxygens (including phenoxy) is 1. The lowest BCUT2D eigenvalue weighted by Gasteiger charge is -2.36. The van der Waals surface area contributed by atoms with Crippen LogP contribution in [0.5, 0.6) is 5.75 Å². The standard InChI is InChI=1S/C18H24Cl2O/c1-12(2)11-18(6-3-4-7-18)17(20)15-10-14(19)9-13-5-8-21-16(13)15/h9-10,12,17H,3-8,11H2,1-2H3. The highest BCUT2D eigenvalue weighted by Crippen LogP contribution is 2.57. The van der Waals surface area contributed by atoms with Gasteiger partial charge in [-0.05, 0) is 48.3 Å². The van der Waals surface area contributed by atoms with E-state index >= 15 is 0 Å². The molecule has 0 saturated heterocycles. The lowest BCUT2D eigenvalue weighted by Crippen LogP contribution is -2.25. The van der Waals surface area contributed by atoms with E-state index in [4.69, 9.17) is 27.9 Å². The maximum Gasteiger partial charge on any atom is 0.127 e. The molecule has 1 atom stereocenters. The van der Waals surface area contributed by atoms with Crippen LogP contribution in [0.25, 0.3) is 0 Å². The summed E-state index contributed by atoms with van der Waals surface area (Å²) >= 11 is 13.3. The first-order chi connectivity index (χ1) is 10.0. The molecule has 0 bridgehead atoms. The summed E-state index contributed by atoms with van der Waals surface area (Å²) in [6, 6.07) is 4.06. The second-order valence-electron chi connectivity index (χ2n) is 7.11. The van der Waals surface area contributed by atoms with E-state index in [0.717, 1.165) is 29.4 Å². The number of benzene rings is 1. The fourth-order valence-electron chi connectivity index (χ4n) is 4.27. The normalized spacial score (nSPS) is 21.4. The summed E-state index contributed by atoms with van der Waals surface area (Å²) in [6.45, 7) is 5.34. The van der Waals surface area contributed by atoms with Crippen LogP contribution in [0.4, 0.5) is 0 Å². The van der Waals surface area contributed by atoms with Crippen LogP contribution >= 0.6 is 23.2 Å². The van der Waals surface area contributed by atoms with Crippen molar-refractivity contribution in [1.29, 1.82) is 0 Å². The van der Waals surface area contributed by atoms with Gasteiger partial charge in [0.05, 0.1) is 12.0 Å². The summed E-state index contributed by atoms with van der Waals surface area (Å²) in [5.74, 6) is 1.67. The molecule has 0 aromatic heterocycles. The first-order valence-corrected chi connectivity index (χ1v) is 8.92. The molecule has 3 heteroatoms. The van der Waals surface area contributed by atoms with Gasteiger partial charge in [-0.1, -0.05) is 38.3 Å². The molecule has 1 aromatic carbocycles. The van der Waals surface area contributed by atoms with E-state index in [1.165, 1.54) is 37.7 Å². The van der Waals surface area contributed by atoms with Crippen molar-refractivity contribution in [3.8, 4) is 5.75 Å². The van der Waals surface area contributed by atoms with Crippen LogP contribution in [0.2, 0.25) is 5.02 Å². The number of rotatable bonds is 4. The van der Waals surface area contributed by atoms with Gasteiger partial charge in [-0.25, -0.2) is 0 Å². The van der Waals surface area contributed by atoms with Gasteiger partial charge in [-0.15, -0.1) is 11.6 Å². The summed E-state index contributed by atoms with van der Waals surface area (Å²) in [4.78, 5) is 0. The van der Waals surface area contributed by atoms with Crippen LogP contribution in [-0.2, 0) is 6.42 Å². The van der Waals surface area contributed by atoms with E-state index in [1.807, 2.05) is 12.1 Å². The van der Waals surface area contributed by atoms with Gasteiger partial charge in [0.15, 0.2) is 0 Å². The van der Waals surface area contributed by atoms with Crippen molar-refractivity contribution in [1.82, 2.24) is 0 Å². The number of alkyl halides is 1. The van der Waals surface area contributed by atoms with Gasteiger partial charge in [0, 0.05) is 17.0 Å². The molecule has 0 spiro atoms. The Labute approximate surface area is 138 Å². The Morgan fingerprint density at radius 1 is 1.24 bits per heavy atom. The van der Waals surface area contributed by atoms with Crippen molar-refractivity contribution in [3.63, 3.8) is 0 Å². The molecule has 1 aromatic rings. The van der Waals surface area contributed by atoms with E-state index in [9.17, 15) is 0 Å². The molecule has 1 nitrogen and oxygen atoms in total. The zero-order valence-corrected chi connectivity index (χ0v) is 14.4. The van der Waals surface area contributed by atoms with E-state index < -0.39 is 0 Å². The van der Waals surface area contributed by atoms with Crippen molar-refractivity contribution in [2.75, 3.05) is 6.61 Å². The van der Waals surface area contributed by atoms with Crippen LogP contribution in [0.1, 0.15) is 62.5 Å². The van der Waals surface area contributed by atoms with Crippen LogP contribution in [0.15, 0.2) is 12.1 Å². The molecule has 3 rings (SSSR count). The maximum absolute atomic E-state index is 7.03. The quantitative estimate of drug-likeness (QED) is 0.602. The molecule has 1 saturated carbocycles. The monoisotopic (exact) mass is 326 g/mol. The summed E-state index contributed by atoms with van der Waals surface area (Å²) in [6.07, 6.45) is 7.16. The fraction of sp³-hybridized carbons (Fsp3) is 0.667. The van der Waals surface area contributed by atoms with E-state index in [0.29, 0.717) is 5.92 Å². The molecule has 1 aliphatic carbocycles. The largest absolute Gasteiger partial charge is 0.493 e. The van der Waals surface area contributed by atoms with Gasteiger partial charge >= 0.3 is 0 Å². The summed E-state index contributed by atoms with van der Waals surface area (Å²) in [7, 11) is 0. The number of fused-ring (bicyclic) bond motifs is 1. The Hall–Kier alpha value is -0.400. The Bertz CT molecular complexity index is 518. The molecule has 1 unspecified atom stereocenters. The van der Waals surface area contributed by atoms with E-state index in [2.05, 4.69) is 13.8 Å². The van der Waals surface area contributed by atoms with Gasteiger partial charge in [-0.2, -0.15) is 0 Å². The second-order valence-corrected chi connectivity index (χ2v) is 7.98. The summed E-state index contributed by atoms with van der Waals surface area (Å²) < 4.78 is 5.87. The molecule has 0 N–H and O–H groups in total. The minimum absolute atomic E-state index is 0.00736. The van der Waals surface area contributed by atoms with Gasteiger partial charge < -0.3 is 4.74 Å². The zero-order chi connectivity index (χ0) is 15.0. The van der Waals surface area contributed by atoms with Gasteiger partial charge in [0.2, 0.25) is 0 Å². The Morgan fingerprint density at radius 2 is 1.95 bits per heavy atom. The highest BCUT2D eigenvalue weighted by Gasteiger charge is 2.43. The van der Waals surface area contributed by atoms with Crippen molar-refractivity contribution in [2.24, 2.45) is 11.3 Å². The molecule has 1 fully saturated rings. The molecule has 21 heavy (non-hydrogen) atoms. The topological polar surface area (TPSA) is 9.23 Å². The molecule has 2 aliphatic rings. The molecule has 0 radical (unpaired) electrons. The predicted molar refractivity (Wildman–Crippen MR) is 89.6 cm³/mol. The van der Waals surface area contributed by atoms with Crippen molar-refractivity contribution < 1.29 is 4.74 Å². The van der Waals surface area contributed by atoms with Crippen LogP contribution in [0, 0.1) is 11.3 Å². The lowest BCUT2D eigenvalue weighted by molar-refractivity contribution is 0.220. The summed E-state index contributed by atoms with van der Waals surface area (Å²) in [5.41, 5.74) is 2.56. The third kappa shape index (κ3) is 2.92. The molecule has 116 valence electrons. The molecular weight excluding hydrogens is 303 g/mol. The van der Waals surface area contributed by atoms with Crippen molar-refractivity contribution in [3.05, 3.63) is 28.3 Å². The zero-order valence-electron chi connectivity index (χ0n) is 12.9. The van der Waals surface area contributed by atoms with E-state index in [1.54, 1.807) is 0 Å². The minimum atomic E-state index is 0.00736. The Balaban J connectivity index is 1.99. The van der Waals surface area contributed by atoms with Crippen molar-refractivity contribution >= 4 is 23.2 Å². The maximum atomic E-state index is 7.03. The second kappa shape index (κ2) is 6.01. The average Bonchev–Trinajstić information content (AvgIpc) is 3.05. The SMILES string of the molecule is CC(C)CC1(C(Cl)c2cc(Cl)cc3c2OCC3)CCCC1. The van der Waals surface area contributed by atoms with Crippen molar-refractivity contribution in [2.45, 2.75) is 57.7 Å². The molecule has 0 amide bonds. The third-order valence-corrected chi connectivity index (χ3v) is 5.92. The smallest absolute Gasteiger partial charge is 0.127 e. The van der Waals surface area contributed by atoms with Crippen LogP contribution in [0.3, 0.4) is 0 Å². The summed E-state index contributed by atoms with van der Waals surface area (Å²) in [5, 5.41) is 0.797. The van der Waals surface area contributed by atoms with E-state index in [-0.39, 0.29) is 10.8 Å². The van der Waals surface area contributed by atoms with Crippen LogP contribution < -0.4 is 4.74 Å². The first kappa shape index (κ1) is 15.5. The number of hydrogen-bond donors (Lipinski definition) is 0. The predicted octanol–water partition coefficient (Wildman–Crippen LogP) is 6.16. The molecule has 1 aliphatic heterocycles. The number of hydrogen-bond acceptors (Lipinski definition) is 1. The Kier molecular flexibility index (Phi) is 4.43. The molecular formula is C18H24Cl2O. The van der Waals surface area contributed by atoms with Gasteiger partial charge in [0.25, 0.3) is 0 Å². The highest BCUT2D eigenvalue weighted by atomic mass is 35.5.